The molecule has 0 aliphatic heterocycles. The van der Waals surface area contributed by atoms with Gasteiger partial charge in [-0.1, -0.05) is 25.0 Å². The van der Waals surface area contributed by atoms with Crippen molar-refractivity contribution in [3.8, 4) is 0 Å². The molecule has 0 saturated heterocycles. The average molecular weight is 234 g/mol. The van der Waals surface area contributed by atoms with Crippen molar-refractivity contribution in [2.24, 2.45) is 5.84 Å². The van der Waals surface area contributed by atoms with Crippen LogP contribution in [0.4, 0.5) is 0 Å². The normalized spacial score (nSPS) is 16.1. The van der Waals surface area contributed by atoms with Crippen molar-refractivity contribution in [1.29, 1.82) is 0 Å². The topological polar surface area (TPSA) is 64.3 Å². The lowest BCUT2D eigenvalue weighted by atomic mass is 10.1. The fourth-order valence-corrected chi connectivity index (χ4v) is 2.10. The molecule has 1 aromatic carbocycles. The number of hydrogen-bond acceptors (Lipinski definition) is 3. The highest BCUT2D eigenvalue weighted by Crippen LogP contribution is 2.22. The summed E-state index contributed by atoms with van der Waals surface area (Å²) in [6, 6.07) is 7.32. The number of hydrazine groups is 1. The molecule has 0 atom stereocenters. The van der Waals surface area contributed by atoms with Gasteiger partial charge >= 0.3 is 0 Å². The Morgan fingerprint density at radius 2 is 1.94 bits per heavy atom. The summed E-state index contributed by atoms with van der Waals surface area (Å²) < 4.78 is 5.79. The molecule has 0 unspecified atom stereocenters. The molecule has 0 spiro atoms. The van der Waals surface area contributed by atoms with Crippen LogP contribution < -0.4 is 11.3 Å². The molecule has 1 aromatic rings. The summed E-state index contributed by atoms with van der Waals surface area (Å²) in [5.74, 6) is 4.79. The summed E-state index contributed by atoms with van der Waals surface area (Å²) in [6.45, 7) is 0.620. The summed E-state index contributed by atoms with van der Waals surface area (Å²) in [4.78, 5) is 11.2. The van der Waals surface area contributed by atoms with Gasteiger partial charge < -0.3 is 4.74 Å². The smallest absolute Gasteiger partial charge is 0.265 e. The summed E-state index contributed by atoms with van der Waals surface area (Å²) in [7, 11) is 0. The third-order valence-electron chi connectivity index (χ3n) is 3.14. The van der Waals surface area contributed by atoms with E-state index in [1.807, 2.05) is 12.1 Å². The first kappa shape index (κ1) is 12.1. The first-order valence-corrected chi connectivity index (χ1v) is 6.01. The van der Waals surface area contributed by atoms with Gasteiger partial charge in [0.05, 0.1) is 12.7 Å². The highest BCUT2D eigenvalue weighted by molar-refractivity contribution is 5.93. The molecule has 0 heterocycles. The number of ether oxygens (including phenoxy) is 1. The Morgan fingerprint density at radius 1 is 1.29 bits per heavy atom. The number of nitrogen functional groups attached to an aromatic ring is 1. The van der Waals surface area contributed by atoms with Gasteiger partial charge in [-0.05, 0) is 30.5 Å². The second-order valence-electron chi connectivity index (χ2n) is 4.39. The standard InChI is InChI=1S/C13H18N2O2/c14-15-13(16)11-7-5-10(6-8-11)9-17-12-3-1-2-4-12/h5-8,12H,1-4,9,14H2,(H,15,16). The number of nitrogens with two attached hydrogens (primary N) is 1. The van der Waals surface area contributed by atoms with E-state index in [-0.39, 0.29) is 5.91 Å². The number of nitrogens with one attached hydrogen (secondary N) is 1. The SMILES string of the molecule is NNC(=O)c1ccc(COC2CCCC2)cc1. The molecule has 4 nitrogen and oxygen atoms in total. The number of carbonyl (C=O) groups is 1. The largest absolute Gasteiger partial charge is 0.374 e. The predicted molar refractivity (Wildman–Crippen MR) is 65.1 cm³/mol. The zero-order valence-electron chi connectivity index (χ0n) is 9.82. The minimum absolute atomic E-state index is 0.270. The number of hydrogen-bond donors (Lipinski definition) is 2. The zero-order valence-corrected chi connectivity index (χ0v) is 9.82. The Kier molecular flexibility index (Phi) is 4.12. The van der Waals surface area contributed by atoms with E-state index in [0.29, 0.717) is 18.3 Å². The summed E-state index contributed by atoms with van der Waals surface area (Å²) in [5.41, 5.74) is 3.76. The third-order valence-corrected chi connectivity index (χ3v) is 3.14. The number of benzene rings is 1. The minimum Gasteiger partial charge on any atom is -0.374 e. The molecular formula is C13H18N2O2. The third kappa shape index (κ3) is 3.28. The van der Waals surface area contributed by atoms with Crippen molar-refractivity contribution in [1.82, 2.24) is 5.43 Å². The molecule has 1 aliphatic carbocycles. The van der Waals surface area contributed by atoms with Crippen LogP contribution >= 0.6 is 0 Å². The molecular weight excluding hydrogens is 216 g/mol. The van der Waals surface area contributed by atoms with Gasteiger partial charge in [-0.25, -0.2) is 5.84 Å². The predicted octanol–water partition coefficient (Wildman–Crippen LogP) is 1.75. The van der Waals surface area contributed by atoms with Gasteiger partial charge in [-0.3, -0.25) is 10.2 Å². The van der Waals surface area contributed by atoms with E-state index < -0.39 is 0 Å². The number of amides is 1. The van der Waals surface area contributed by atoms with Crippen LogP contribution in [-0.4, -0.2) is 12.0 Å². The Balaban J connectivity index is 1.87. The van der Waals surface area contributed by atoms with E-state index >= 15 is 0 Å². The first-order valence-electron chi connectivity index (χ1n) is 6.01. The van der Waals surface area contributed by atoms with Crippen LogP contribution in [0.1, 0.15) is 41.6 Å². The Morgan fingerprint density at radius 3 is 2.53 bits per heavy atom. The lowest BCUT2D eigenvalue weighted by Gasteiger charge is -2.11. The van der Waals surface area contributed by atoms with Gasteiger partial charge in [0.1, 0.15) is 0 Å². The second-order valence-corrected chi connectivity index (χ2v) is 4.39. The van der Waals surface area contributed by atoms with E-state index in [4.69, 9.17) is 10.6 Å². The van der Waals surface area contributed by atoms with Gasteiger partial charge in [0, 0.05) is 5.56 Å². The van der Waals surface area contributed by atoms with Gasteiger partial charge in [0.25, 0.3) is 5.91 Å². The molecule has 0 radical (unpaired) electrons. The van der Waals surface area contributed by atoms with Crippen LogP contribution in [0.25, 0.3) is 0 Å². The van der Waals surface area contributed by atoms with Crippen LogP contribution in [0.2, 0.25) is 0 Å². The maximum Gasteiger partial charge on any atom is 0.265 e. The Hall–Kier alpha value is -1.39. The summed E-state index contributed by atoms with van der Waals surface area (Å²) >= 11 is 0. The molecule has 1 amide bonds. The highest BCUT2D eigenvalue weighted by Gasteiger charge is 2.15. The van der Waals surface area contributed by atoms with Crippen molar-refractivity contribution in [2.75, 3.05) is 0 Å². The Labute approximate surface area is 101 Å². The second kappa shape index (κ2) is 5.80. The van der Waals surface area contributed by atoms with Gasteiger partial charge in [0.15, 0.2) is 0 Å². The lowest BCUT2D eigenvalue weighted by Crippen LogP contribution is -2.29. The maximum atomic E-state index is 11.2. The molecule has 1 saturated carbocycles. The molecule has 0 bridgehead atoms. The molecule has 17 heavy (non-hydrogen) atoms. The lowest BCUT2D eigenvalue weighted by molar-refractivity contribution is 0.0457. The van der Waals surface area contributed by atoms with Crippen LogP contribution in [0.3, 0.4) is 0 Å². The van der Waals surface area contributed by atoms with Crippen molar-refractivity contribution < 1.29 is 9.53 Å². The van der Waals surface area contributed by atoms with Crippen molar-refractivity contribution in [3.05, 3.63) is 35.4 Å². The molecule has 0 aromatic heterocycles. The van der Waals surface area contributed by atoms with Gasteiger partial charge in [0.2, 0.25) is 0 Å². The van der Waals surface area contributed by atoms with E-state index in [0.717, 1.165) is 5.56 Å². The van der Waals surface area contributed by atoms with E-state index in [2.05, 4.69) is 5.43 Å². The van der Waals surface area contributed by atoms with Crippen molar-refractivity contribution >= 4 is 5.91 Å². The van der Waals surface area contributed by atoms with Crippen molar-refractivity contribution in [2.45, 2.75) is 38.4 Å². The molecule has 1 aliphatic rings. The Bertz CT molecular complexity index is 370. The van der Waals surface area contributed by atoms with E-state index in [1.165, 1.54) is 25.7 Å². The quantitative estimate of drug-likeness (QED) is 0.474. The highest BCUT2D eigenvalue weighted by atomic mass is 16.5. The molecule has 3 N–H and O–H groups in total. The fraction of sp³-hybridized carbons (Fsp3) is 0.462. The monoisotopic (exact) mass is 234 g/mol. The molecule has 92 valence electrons. The van der Waals surface area contributed by atoms with E-state index in [9.17, 15) is 4.79 Å². The fourth-order valence-electron chi connectivity index (χ4n) is 2.10. The minimum atomic E-state index is -0.270. The van der Waals surface area contributed by atoms with Crippen molar-refractivity contribution in [3.63, 3.8) is 0 Å². The summed E-state index contributed by atoms with van der Waals surface area (Å²) in [5, 5.41) is 0. The number of carbonyl (C=O) groups excluding carboxylic acids is 1. The van der Waals surface area contributed by atoms with Crippen LogP contribution in [-0.2, 0) is 11.3 Å². The molecule has 1 fully saturated rings. The maximum absolute atomic E-state index is 11.2. The van der Waals surface area contributed by atoms with Crippen LogP contribution in [0.15, 0.2) is 24.3 Å². The zero-order chi connectivity index (χ0) is 12.1. The molecule has 2 rings (SSSR count). The number of rotatable bonds is 4. The average Bonchev–Trinajstić information content (AvgIpc) is 2.89. The van der Waals surface area contributed by atoms with Crippen LogP contribution in [0.5, 0.6) is 0 Å². The van der Waals surface area contributed by atoms with E-state index in [1.54, 1.807) is 12.1 Å². The van der Waals surface area contributed by atoms with Gasteiger partial charge in [-0.15, -0.1) is 0 Å². The summed E-state index contributed by atoms with van der Waals surface area (Å²) in [6.07, 6.45) is 5.32. The molecule has 4 heteroatoms. The first-order chi connectivity index (χ1) is 8.29. The van der Waals surface area contributed by atoms with Gasteiger partial charge in [-0.2, -0.15) is 0 Å². The van der Waals surface area contributed by atoms with Crippen LogP contribution in [0, 0.1) is 0 Å².